The summed E-state index contributed by atoms with van der Waals surface area (Å²) in [5.41, 5.74) is 7.06. The summed E-state index contributed by atoms with van der Waals surface area (Å²) in [6.45, 7) is 1.71. The minimum Gasteiger partial charge on any atom is -0.398 e. The summed E-state index contributed by atoms with van der Waals surface area (Å²) in [6.07, 6.45) is 0. The summed E-state index contributed by atoms with van der Waals surface area (Å²) >= 11 is 6.64. The molecule has 0 amide bonds. The van der Waals surface area contributed by atoms with E-state index in [1.807, 2.05) is 0 Å². The largest absolute Gasteiger partial charge is 0.398 e. The molecule has 20 heavy (non-hydrogen) atoms. The second kappa shape index (κ2) is 5.75. The molecule has 3 N–H and O–H groups in total. The maximum atomic E-state index is 12.5. The lowest BCUT2D eigenvalue weighted by molar-refractivity contribution is 0.601. The smallest absolute Gasteiger partial charge is 0.264 e. The van der Waals surface area contributed by atoms with Crippen LogP contribution in [0.15, 0.2) is 50.2 Å². The molecule has 4 nitrogen and oxygen atoms in total. The first kappa shape index (κ1) is 15.3. The summed E-state index contributed by atoms with van der Waals surface area (Å²) in [5, 5.41) is 0. The third kappa shape index (κ3) is 2.99. The Morgan fingerprint density at radius 1 is 1.05 bits per heavy atom. The van der Waals surface area contributed by atoms with Crippen LogP contribution < -0.4 is 10.5 Å². The topological polar surface area (TPSA) is 72.2 Å². The van der Waals surface area contributed by atoms with Gasteiger partial charge in [0.15, 0.2) is 0 Å². The van der Waals surface area contributed by atoms with Crippen molar-refractivity contribution >= 4 is 53.3 Å². The fraction of sp³-hybridized carbons (Fsp3) is 0.0769. The van der Waals surface area contributed by atoms with Crippen molar-refractivity contribution in [3.63, 3.8) is 0 Å². The van der Waals surface area contributed by atoms with Gasteiger partial charge >= 0.3 is 0 Å². The Hall–Kier alpha value is -1.05. The van der Waals surface area contributed by atoms with Gasteiger partial charge in [-0.05, 0) is 62.5 Å². The minimum atomic E-state index is -3.75. The maximum Gasteiger partial charge on any atom is 0.264 e. The van der Waals surface area contributed by atoms with E-state index in [4.69, 9.17) is 5.73 Å². The molecule has 2 rings (SSSR count). The number of sulfonamides is 1. The van der Waals surface area contributed by atoms with E-state index in [2.05, 4.69) is 36.6 Å². The number of anilines is 2. The third-order valence-electron chi connectivity index (χ3n) is 2.71. The molecule has 0 aromatic heterocycles. The van der Waals surface area contributed by atoms with Crippen LogP contribution in [0, 0.1) is 6.92 Å². The molecule has 0 unspecified atom stereocenters. The molecule has 0 aliphatic carbocycles. The van der Waals surface area contributed by atoms with Crippen molar-refractivity contribution in [1.82, 2.24) is 0 Å². The van der Waals surface area contributed by atoms with Crippen LogP contribution in [0.5, 0.6) is 0 Å². The van der Waals surface area contributed by atoms with Gasteiger partial charge in [0.05, 0.1) is 11.4 Å². The van der Waals surface area contributed by atoms with Gasteiger partial charge in [0.1, 0.15) is 4.90 Å². The summed E-state index contributed by atoms with van der Waals surface area (Å²) in [4.78, 5) is 0.0997. The number of rotatable bonds is 3. The van der Waals surface area contributed by atoms with Crippen LogP contribution in [0.1, 0.15) is 5.56 Å². The van der Waals surface area contributed by atoms with Gasteiger partial charge in [-0.2, -0.15) is 0 Å². The van der Waals surface area contributed by atoms with Crippen LogP contribution >= 0.6 is 31.9 Å². The van der Waals surface area contributed by atoms with Crippen LogP contribution in [-0.4, -0.2) is 8.42 Å². The van der Waals surface area contributed by atoms with E-state index in [0.29, 0.717) is 20.2 Å². The summed E-state index contributed by atoms with van der Waals surface area (Å²) in [5.74, 6) is 0. The highest BCUT2D eigenvalue weighted by Crippen LogP contribution is 2.33. The number of hydrogen-bond acceptors (Lipinski definition) is 3. The summed E-state index contributed by atoms with van der Waals surface area (Å²) in [7, 11) is -3.75. The number of nitrogen functional groups attached to an aromatic ring is 1. The fourth-order valence-electron chi connectivity index (χ4n) is 1.82. The van der Waals surface area contributed by atoms with E-state index in [1.165, 1.54) is 0 Å². The second-order valence-electron chi connectivity index (χ2n) is 4.20. The molecule has 2 aromatic rings. The van der Waals surface area contributed by atoms with Crippen LogP contribution in [-0.2, 0) is 10.0 Å². The number of para-hydroxylation sites is 1. The number of hydrogen-bond donors (Lipinski definition) is 2. The first-order chi connectivity index (χ1) is 9.33. The zero-order valence-corrected chi connectivity index (χ0v) is 14.5. The van der Waals surface area contributed by atoms with E-state index in [9.17, 15) is 8.42 Å². The van der Waals surface area contributed by atoms with Gasteiger partial charge in [0.2, 0.25) is 0 Å². The van der Waals surface area contributed by atoms with Crippen molar-refractivity contribution in [2.24, 2.45) is 0 Å². The van der Waals surface area contributed by atoms with Crippen molar-refractivity contribution in [2.75, 3.05) is 10.5 Å². The Labute approximate surface area is 134 Å². The number of aryl methyl sites for hydroxylation is 1. The van der Waals surface area contributed by atoms with Crippen molar-refractivity contribution < 1.29 is 8.42 Å². The van der Waals surface area contributed by atoms with Crippen LogP contribution in [0.4, 0.5) is 11.4 Å². The van der Waals surface area contributed by atoms with Gasteiger partial charge in [-0.3, -0.25) is 4.72 Å². The number of nitrogens with one attached hydrogen (secondary N) is 1. The van der Waals surface area contributed by atoms with E-state index >= 15 is 0 Å². The fourth-order valence-corrected chi connectivity index (χ4v) is 4.74. The average Bonchev–Trinajstić information content (AvgIpc) is 2.33. The highest BCUT2D eigenvalue weighted by molar-refractivity contribution is 9.11. The summed E-state index contributed by atoms with van der Waals surface area (Å²) in [6, 6.07) is 10.3. The Morgan fingerprint density at radius 3 is 2.15 bits per heavy atom. The maximum absolute atomic E-state index is 12.5. The monoisotopic (exact) mass is 418 g/mol. The van der Waals surface area contributed by atoms with E-state index in [0.717, 1.165) is 0 Å². The van der Waals surface area contributed by atoms with Crippen molar-refractivity contribution in [3.05, 3.63) is 50.9 Å². The highest BCUT2D eigenvalue weighted by atomic mass is 79.9. The van der Waals surface area contributed by atoms with Gasteiger partial charge < -0.3 is 5.73 Å². The molecule has 0 saturated carbocycles. The first-order valence-electron chi connectivity index (χ1n) is 5.65. The van der Waals surface area contributed by atoms with Crippen molar-refractivity contribution in [2.45, 2.75) is 11.8 Å². The Morgan fingerprint density at radius 2 is 1.60 bits per heavy atom. The zero-order chi connectivity index (χ0) is 14.9. The number of benzene rings is 2. The standard InChI is InChI=1S/C13H12Br2N2O2S/c1-8-4-2-7-11(16)13(8)20(18,19)17-12-9(14)5-3-6-10(12)15/h2-7,17H,16H2,1H3. The van der Waals surface area contributed by atoms with Crippen molar-refractivity contribution in [1.29, 1.82) is 0 Å². The van der Waals surface area contributed by atoms with Gasteiger partial charge in [-0.25, -0.2) is 8.42 Å². The molecule has 0 saturated heterocycles. The van der Waals surface area contributed by atoms with E-state index < -0.39 is 10.0 Å². The molecular formula is C13H12Br2N2O2S. The predicted molar refractivity (Wildman–Crippen MR) is 88.2 cm³/mol. The SMILES string of the molecule is Cc1cccc(N)c1S(=O)(=O)Nc1c(Br)cccc1Br. The zero-order valence-electron chi connectivity index (χ0n) is 10.5. The van der Waals surface area contributed by atoms with Crippen LogP contribution in [0.25, 0.3) is 0 Å². The molecule has 0 fully saturated rings. The number of nitrogens with two attached hydrogens (primary N) is 1. The predicted octanol–water partition coefficient (Wildman–Crippen LogP) is 3.90. The molecule has 0 heterocycles. The second-order valence-corrected chi connectivity index (χ2v) is 7.52. The molecule has 0 spiro atoms. The average molecular weight is 420 g/mol. The molecular weight excluding hydrogens is 408 g/mol. The van der Waals surface area contributed by atoms with Gasteiger partial charge in [0.25, 0.3) is 10.0 Å². The summed E-state index contributed by atoms with van der Waals surface area (Å²) < 4.78 is 28.9. The molecule has 0 atom stereocenters. The first-order valence-corrected chi connectivity index (χ1v) is 8.72. The minimum absolute atomic E-state index is 0.0997. The normalized spacial score (nSPS) is 11.3. The molecule has 0 aliphatic heterocycles. The molecule has 106 valence electrons. The Bertz CT molecular complexity index is 720. The lowest BCUT2D eigenvalue weighted by Gasteiger charge is -2.14. The molecule has 0 radical (unpaired) electrons. The third-order valence-corrected chi connectivity index (χ3v) is 5.60. The van der Waals surface area contributed by atoms with E-state index in [1.54, 1.807) is 43.3 Å². The number of halogens is 2. The van der Waals surface area contributed by atoms with E-state index in [-0.39, 0.29) is 10.6 Å². The van der Waals surface area contributed by atoms with Crippen LogP contribution in [0.3, 0.4) is 0 Å². The van der Waals surface area contributed by atoms with Crippen LogP contribution in [0.2, 0.25) is 0 Å². The van der Waals surface area contributed by atoms with Crippen molar-refractivity contribution in [3.8, 4) is 0 Å². The molecule has 0 aliphatic rings. The lowest BCUT2D eigenvalue weighted by atomic mass is 10.2. The molecule has 2 aromatic carbocycles. The Kier molecular flexibility index (Phi) is 4.41. The van der Waals surface area contributed by atoms with Gasteiger partial charge in [-0.1, -0.05) is 18.2 Å². The molecule has 0 bridgehead atoms. The lowest BCUT2D eigenvalue weighted by Crippen LogP contribution is -2.16. The quantitative estimate of drug-likeness (QED) is 0.741. The highest BCUT2D eigenvalue weighted by Gasteiger charge is 2.21. The molecule has 7 heteroatoms. The Balaban J connectivity index is 2.53. The van der Waals surface area contributed by atoms with Gasteiger partial charge in [0, 0.05) is 8.95 Å². The van der Waals surface area contributed by atoms with Gasteiger partial charge in [-0.15, -0.1) is 0 Å².